The first kappa shape index (κ1) is 15.7. The molecular weight excluding hydrogens is 310 g/mol. The van der Waals surface area contributed by atoms with Gasteiger partial charge in [0.15, 0.2) is 0 Å². The third-order valence-electron chi connectivity index (χ3n) is 2.77. The Kier molecular flexibility index (Phi) is 5.14. The van der Waals surface area contributed by atoms with E-state index in [1.54, 1.807) is 25.3 Å². The maximum absolute atomic E-state index is 12.1. The number of benzene rings is 1. The molecule has 1 N–H and O–H groups in total. The molecule has 1 aromatic heterocycles. The minimum Gasteiger partial charge on any atom is -0.496 e. The summed E-state index contributed by atoms with van der Waals surface area (Å²) < 4.78 is 5.22. The average Bonchev–Trinajstić information content (AvgIpc) is 2.87. The van der Waals surface area contributed by atoms with Gasteiger partial charge in [0.25, 0.3) is 0 Å². The van der Waals surface area contributed by atoms with E-state index in [-0.39, 0.29) is 12.3 Å². The molecule has 1 aromatic carbocycles. The highest BCUT2D eigenvalue weighted by Crippen LogP contribution is 2.25. The van der Waals surface area contributed by atoms with E-state index in [0.717, 1.165) is 10.6 Å². The number of carbonyl (C=O) groups excluding carboxylic acids is 1. The molecule has 0 spiro atoms. The van der Waals surface area contributed by atoms with Gasteiger partial charge in [-0.25, -0.2) is 0 Å². The van der Waals surface area contributed by atoms with Crippen molar-refractivity contribution < 1.29 is 9.53 Å². The van der Waals surface area contributed by atoms with Crippen LogP contribution in [0.4, 0.5) is 5.13 Å². The SMILES string of the molecule is COc1ccc(Cl)cc1CC(=O)Nc1nnc(C(C)C)s1. The van der Waals surface area contributed by atoms with Crippen molar-refractivity contribution in [2.24, 2.45) is 0 Å². The molecule has 0 saturated heterocycles. The molecule has 0 radical (unpaired) electrons. The Labute approximate surface area is 132 Å². The van der Waals surface area contributed by atoms with Crippen molar-refractivity contribution >= 4 is 34.0 Å². The molecule has 2 aromatic rings. The minimum absolute atomic E-state index is 0.167. The third-order valence-corrected chi connectivity index (χ3v) is 4.15. The van der Waals surface area contributed by atoms with Crippen LogP contribution in [0.25, 0.3) is 0 Å². The normalized spacial score (nSPS) is 10.7. The van der Waals surface area contributed by atoms with Gasteiger partial charge in [-0.3, -0.25) is 4.79 Å². The van der Waals surface area contributed by atoms with Crippen LogP contribution in [0, 0.1) is 0 Å². The third kappa shape index (κ3) is 4.15. The number of rotatable bonds is 5. The van der Waals surface area contributed by atoms with Gasteiger partial charge < -0.3 is 10.1 Å². The largest absolute Gasteiger partial charge is 0.496 e. The highest BCUT2D eigenvalue weighted by Gasteiger charge is 2.13. The number of anilines is 1. The van der Waals surface area contributed by atoms with Crippen molar-refractivity contribution in [3.05, 3.63) is 33.8 Å². The number of amides is 1. The molecule has 21 heavy (non-hydrogen) atoms. The summed E-state index contributed by atoms with van der Waals surface area (Å²) in [6, 6.07) is 5.19. The lowest BCUT2D eigenvalue weighted by atomic mass is 10.1. The highest BCUT2D eigenvalue weighted by molar-refractivity contribution is 7.15. The summed E-state index contributed by atoms with van der Waals surface area (Å²) in [4.78, 5) is 12.1. The Morgan fingerprint density at radius 1 is 1.43 bits per heavy atom. The molecule has 0 aliphatic carbocycles. The fourth-order valence-electron chi connectivity index (χ4n) is 1.74. The number of hydrogen-bond donors (Lipinski definition) is 1. The van der Waals surface area contributed by atoms with E-state index < -0.39 is 0 Å². The summed E-state index contributed by atoms with van der Waals surface area (Å²) in [6.45, 7) is 4.06. The van der Waals surface area contributed by atoms with Gasteiger partial charge in [0.2, 0.25) is 11.0 Å². The number of hydrogen-bond acceptors (Lipinski definition) is 5. The number of halogens is 1. The van der Waals surface area contributed by atoms with Crippen molar-refractivity contribution in [3.8, 4) is 5.75 Å². The fourth-order valence-corrected chi connectivity index (χ4v) is 2.70. The predicted octanol–water partition coefficient (Wildman–Crippen LogP) is 3.50. The van der Waals surface area contributed by atoms with Crippen LogP contribution in [0.2, 0.25) is 5.02 Å². The van der Waals surface area contributed by atoms with Crippen LogP contribution in [0.5, 0.6) is 5.75 Å². The lowest BCUT2D eigenvalue weighted by Gasteiger charge is -2.08. The summed E-state index contributed by atoms with van der Waals surface area (Å²) in [6.07, 6.45) is 0.167. The number of nitrogens with one attached hydrogen (secondary N) is 1. The van der Waals surface area contributed by atoms with E-state index in [1.165, 1.54) is 11.3 Å². The van der Waals surface area contributed by atoms with E-state index in [9.17, 15) is 4.79 Å². The quantitative estimate of drug-likeness (QED) is 0.913. The predicted molar refractivity (Wildman–Crippen MR) is 84.3 cm³/mol. The molecular formula is C14H16ClN3O2S. The highest BCUT2D eigenvalue weighted by atomic mass is 35.5. The molecule has 0 atom stereocenters. The Hall–Kier alpha value is -1.66. The molecule has 5 nitrogen and oxygen atoms in total. The zero-order valence-corrected chi connectivity index (χ0v) is 13.6. The zero-order chi connectivity index (χ0) is 15.4. The van der Waals surface area contributed by atoms with Gasteiger partial charge in [-0.2, -0.15) is 0 Å². The van der Waals surface area contributed by atoms with Crippen LogP contribution in [0.15, 0.2) is 18.2 Å². The minimum atomic E-state index is -0.179. The van der Waals surface area contributed by atoms with Gasteiger partial charge in [-0.1, -0.05) is 36.8 Å². The summed E-state index contributed by atoms with van der Waals surface area (Å²) in [5.41, 5.74) is 0.732. The Morgan fingerprint density at radius 3 is 2.81 bits per heavy atom. The second kappa shape index (κ2) is 6.87. The van der Waals surface area contributed by atoms with Gasteiger partial charge in [0.05, 0.1) is 13.5 Å². The summed E-state index contributed by atoms with van der Waals surface area (Å²) in [5.74, 6) is 0.748. The lowest BCUT2D eigenvalue weighted by molar-refractivity contribution is -0.115. The first-order valence-corrected chi connectivity index (χ1v) is 7.64. The van der Waals surface area contributed by atoms with E-state index in [1.807, 2.05) is 13.8 Å². The van der Waals surface area contributed by atoms with Crippen LogP contribution in [0.1, 0.15) is 30.3 Å². The molecule has 7 heteroatoms. The van der Waals surface area contributed by atoms with Gasteiger partial charge in [-0.05, 0) is 18.2 Å². The molecule has 1 amide bonds. The molecule has 0 saturated carbocycles. The van der Waals surface area contributed by atoms with Crippen molar-refractivity contribution in [1.29, 1.82) is 0 Å². The summed E-state index contributed by atoms with van der Waals surface area (Å²) in [7, 11) is 1.56. The number of aromatic nitrogens is 2. The Balaban J connectivity index is 2.06. The maximum Gasteiger partial charge on any atom is 0.230 e. The topological polar surface area (TPSA) is 64.1 Å². The summed E-state index contributed by atoms with van der Waals surface area (Å²) >= 11 is 7.33. The van der Waals surface area contributed by atoms with Crippen LogP contribution >= 0.6 is 22.9 Å². The van der Waals surface area contributed by atoms with Crippen molar-refractivity contribution in [3.63, 3.8) is 0 Å². The molecule has 0 unspecified atom stereocenters. The van der Waals surface area contributed by atoms with Gasteiger partial charge in [0.1, 0.15) is 10.8 Å². The first-order valence-electron chi connectivity index (χ1n) is 6.45. The monoisotopic (exact) mass is 325 g/mol. The second-order valence-electron chi connectivity index (χ2n) is 4.78. The molecule has 112 valence electrons. The smallest absolute Gasteiger partial charge is 0.230 e. The number of nitrogens with zero attached hydrogens (tertiary/aromatic N) is 2. The van der Waals surface area contributed by atoms with Gasteiger partial charge >= 0.3 is 0 Å². The first-order chi connectivity index (χ1) is 9.99. The van der Waals surface area contributed by atoms with Crippen molar-refractivity contribution in [2.45, 2.75) is 26.2 Å². The second-order valence-corrected chi connectivity index (χ2v) is 6.23. The molecule has 0 aliphatic heterocycles. The average molecular weight is 326 g/mol. The molecule has 0 aliphatic rings. The molecule has 0 fully saturated rings. The van der Waals surface area contributed by atoms with Crippen molar-refractivity contribution in [2.75, 3.05) is 12.4 Å². The number of methoxy groups -OCH3 is 1. The van der Waals surface area contributed by atoms with Crippen LogP contribution in [0.3, 0.4) is 0 Å². The summed E-state index contributed by atoms with van der Waals surface area (Å²) in [5, 5.41) is 12.7. The Morgan fingerprint density at radius 2 is 2.19 bits per heavy atom. The fraction of sp³-hybridized carbons (Fsp3) is 0.357. The van der Waals surface area contributed by atoms with E-state index >= 15 is 0 Å². The van der Waals surface area contributed by atoms with Gasteiger partial charge in [-0.15, -0.1) is 10.2 Å². The molecule has 0 bridgehead atoms. The maximum atomic E-state index is 12.1. The van der Waals surface area contributed by atoms with E-state index in [2.05, 4.69) is 15.5 Å². The van der Waals surface area contributed by atoms with E-state index in [0.29, 0.717) is 21.8 Å². The van der Waals surface area contributed by atoms with Crippen LogP contribution in [-0.2, 0) is 11.2 Å². The number of carbonyl (C=O) groups is 1. The van der Waals surface area contributed by atoms with Crippen molar-refractivity contribution in [1.82, 2.24) is 10.2 Å². The molecule has 2 rings (SSSR count). The van der Waals surface area contributed by atoms with Crippen LogP contribution < -0.4 is 10.1 Å². The van der Waals surface area contributed by atoms with Crippen LogP contribution in [-0.4, -0.2) is 23.2 Å². The zero-order valence-electron chi connectivity index (χ0n) is 12.0. The van der Waals surface area contributed by atoms with E-state index in [4.69, 9.17) is 16.3 Å². The standard InChI is InChI=1S/C14H16ClN3O2S/c1-8(2)13-17-18-14(21-13)16-12(19)7-9-6-10(15)4-5-11(9)20-3/h4-6,8H,7H2,1-3H3,(H,16,18,19). The number of ether oxygens (including phenoxy) is 1. The lowest BCUT2D eigenvalue weighted by Crippen LogP contribution is -2.14. The molecule has 1 heterocycles. The Bertz CT molecular complexity index is 643. The van der Waals surface area contributed by atoms with Gasteiger partial charge in [0, 0.05) is 16.5 Å².